The second-order valence-electron chi connectivity index (χ2n) is 3.68. The molecule has 1 aliphatic rings. The van der Waals surface area contributed by atoms with Crippen LogP contribution in [0.5, 0.6) is 0 Å². The Hall–Kier alpha value is -1.02. The third-order valence-electron chi connectivity index (χ3n) is 2.54. The minimum Gasteiger partial charge on any atom is -0.388 e. The predicted octanol–water partition coefficient (Wildman–Crippen LogP) is 2.23. The van der Waals surface area contributed by atoms with E-state index in [1.165, 1.54) is 5.56 Å². The summed E-state index contributed by atoms with van der Waals surface area (Å²) in [5.74, 6) is 0. The monoisotopic (exact) mass is 177 g/mol. The highest BCUT2D eigenvalue weighted by Crippen LogP contribution is 2.29. The van der Waals surface area contributed by atoms with Crippen LogP contribution < -0.4 is 5.32 Å². The van der Waals surface area contributed by atoms with E-state index in [9.17, 15) is 5.11 Å². The standard InChI is InChI=1S/C11H15NO/c1-8-4-5-10-9(7-8)11(13)3-2-6-12-10/h4-5,7,11-13H,2-3,6H2,1H3. The minimum absolute atomic E-state index is 0.287. The largest absolute Gasteiger partial charge is 0.388 e. The van der Waals surface area contributed by atoms with Crippen molar-refractivity contribution in [2.24, 2.45) is 0 Å². The first-order chi connectivity index (χ1) is 6.27. The van der Waals surface area contributed by atoms with Gasteiger partial charge in [0.25, 0.3) is 0 Å². The Morgan fingerprint density at radius 2 is 2.31 bits per heavy atom. The first-order valence-corrected chi connectivity index (χ1v) is 4.80. The van der Waals surface area contributed by atoms with Crippen molar-refractivity contribution in [1.29, 1.82) is 0 Å². The van der Waals surface area contributed by atoms with Crippen LogP contribution in [0.1, 0.15) is 30.1 Å². The summed E-state index contributed by atoms with van der Waals surface area (Å²) in [4.78, 5) is 0. The van der Waals surface area contributed by atoms with E-state index in [4.69, 9.17) is 0 Å². The van der Waals surface area contributed by atoms with Crippen molar-refractivity contribution in [2.75, 3.05) is 11.9 Å². The molecule has 1 heterocycles. The molecule has 1 unspecified atom stereocenters. The molecule has 13 heavy (non-hydrogen) atoms. The van der Waals surface area contributed by atoms with Gasteiger partial charge in [-0.2, -0.15) is 0 Å². The van der Waals surface area contributed by atoms with Crippen LogP contribution in [0.4, 0.5) is 5.69 Å². The topological polar surface area (TPSA) is 32.3 Å². The van der Waals surface area contributed by atoms with Gasteiger partial charge in [0.2, 0.25) is 0 Å². The van der Waals surface area contributed by atoms with Gasteiger partial charge in [0.05, 0.1) is 6.10 Å². The number of rotatable bonds is 0. The summed E-state index contributed by atoms with van der Waals surface area (Å²) >= 11 is 0. The predicted molar refractivity (Wildman–Crippen MR) is 53.9 cm³/mol. The Bertz CT molecular complexity index is 309. The molecule has 1 aromatic carbocycles. The highest BCUT2D eigenvalue weighted by Gasteiger charge is 2.15. The maximum Gasteiger partial charge on any atom is 0.0810 e. The second kappa shape index (κ2) is 3.38. The van der Waals surface area contributed by atoms with Crippen molar-refractivity contribution in [1.82, 2.24) is 0 Å². The Labute approximate surface area is 78.6 Å². The van der Waals surface area contributed by atoms with Crippen LogP contribution in [-0.2, 0) is 0 Å². The SMILES string of the molecule is Cc1ccc2c(c1)C(O)CCCN2. The van der Waals surface area contributed by atoms with Gasteiger partial charge in [0, 0.05) is 17.8 Å². The van der Waals surface area contributed by atoms with Crippen molar-refractivity contribution in [2.45, 2.75) is 25.9 Å². The van der Waals surface area contributed by atoms with E-state index in [-0.39, 0.29) is 6.10 Å². The van der Waals surface area contributed by atoms with Gasteiger partial charge in [-0.1, -0.05) is 17.7 Å². The van der Waals surface area contributed by atoms with Gasteiger partial charge < -0.3 is 10.4 Å². The maximum absolute atomic E-state index is 9.83. The van der Waals surface area contributed by atoms with E-state index in [1.807, 2.05) is 0 Å². The molecule has 1 atom stereocenters. The number of benzene rings is 1. The van der Waals surface area contributed by atoms with Crippen LogP contribution in [0.3, 0.4) is 0 Å². The van der Waals surface area contributed by atoms with E-state index in [1.54, 1.807) is 0 Å². The maximum atomic E-state index is 9.83. The van der Waals surface area contributed by atoms with Gasteiger partial charge in [0.1, 0.15) is 0 Å². The zero-order chi connectivity index (χ0) is 9.26. The number of aryl methyl sites for hydroxylation is 1. The average molecular weight is 177 g/mol. The molecule has 2 heteroatoms. The third kappa shape index (κ3) is 1.68. The number of aliphatic hydroxyl groups excluding tert-OH is 1. The van der Waals surface area contributed by atoms with Crippen molar-refractivity contribution in [3.05, 3.63) is 29.3 Å². The van der Waals surface area contributed by atoms with E-state index >= 15 is 0 Å². The molecule has 0 aliphatic carbocycles. The summed E-state index contributed by atoms with van der Waals surface area (Å²) < 4.78 is 0. The molecule has 0 saturated heterocycles. The van der Waals surface area contributed by atoms with Crippen molar-refractivity contribution in [3.8, 4) is 0 Å². The molecule has 2 rings (SSSR count). The summed E-state index contributed by atoms with van der Waals surface area (Å²) in [6, 6.07) is 6.20. The number of fused-ring (bicyclic) bond motifs is 1. The molecule has 0 aromatic heterocycles. The lowest BCUT2D eigenvalue weighted by Crippen LogP contribution is -2.00. The fraction of sp³-hybridized carbons (Fsp3) is 0.455. The fourth-order valence-corrected chi connectivity index (χ4v) is 1.79. The smallest absolute Gasteiger partial charge is 0.0810 e. The van der Waals surface area contributed by atoms with E-state index in [0.29, 0.717) is 0 Å². The van der Waals surface area contributed by atoms with Crippen LogP contribution in [0.15, 0.2) is 18.2 Å². The quantitative estimate of drug-likeness (QED) is 0.637. The summed E-state index contributed by atoms with van der Waals surface area (Å²) in [5, 5.41) is 13.1. The van der Waals surface area contributed by atoms with E-state index < -0.39 is 0 Å². The lowest BCUT2D eigenvalue weighted by molar-refractivity contribution is 0.168. The molecule has 2 nitrogen and oxygen atoms in total. The van der Waals surface area contributed by atoms with Crippen LogP contribution in [0, 0.1) is 6.92 Å². The summed E-state index contributed by atoms with van der Waals surface area (Å²) in [6.45, 7) is 3.02. The molecule has 70 valence electrons. The van der Waals surface area contributed by atoms with Crippen molar-refractivity contribution >= 4 is 5.69 Å². The molecule has 0 spiro atoms. The van der Waals surface area contributed by atoms with Gasteiger partial charge in [0.15, 0.2) is 0 Å². The third-order valence-corrected chi connectivity index (χ3v) is 2.54. The Morgan fingerprint density at radius 1 is 1.46 bits per heavy atom. The van der Waals surface area contributed by atoms with E-state index in [0.717, 1.165) is 30.6 Å². The van der Waals surface area contributed by atoms with Gasteiger partial charge >= 0.3 is 0 Å². The molecule has 1 aromatic rings. The molecule has 0 bridgehead atoms. The number of hydrogen-bond donors (Lipinski definition) is 2. The van der Waals surface area contributed by atoms with Gasteiger partial charge in [-0.25, -0.2) is 0 Å². The molecule has 0 radical (unpaired) electrons. The first kappa shape index (κ1) is 8.57. The molecular formula is C11H15NO. The highest BCUT2D eigenvalue weighted by molar-refractivity contribution is 5.54. The van der Waals surface area contributed by atoms with Gasteiger partial charge in [-0.05, 0) is 25.8 Å². The Kier molecular flexibility index (Phi) is 2.23. The fourth-order valence-electron chi connectivity index (χ4n) is 1.79. The molecule has 0 amide bonds. The zero-order valence-electron chi connectivity index (χ0n) is 7.88. The number of nitrogens with one attached hydrogen (secondary N) is 1. The lowest BCUT2D eigenvalue weighted by Gasteiger charge is -2.12. The van der Waals surface area contributed by atoms with Crippen molar-refractivity contribution in [3.63, 3.8) is 0 Å². The molecular weight excluding hydrogens is 162 g/mol. The van der Waals surface area contributed by atoms with Gasteiger partial charge in [-0.15, -0.1) is 0 Å². The number of anilines is 1. The summed E-state index contributed by atoms with van der Waals surface area (Å²) in [7, 11) is 0. The molecule has 0 fully saturated rings. The van der Waals surface area contributed by atoms with Crippen LogP contribution in [0.25, 0.3) is 0 Å². The normalized spacial score (nSPS) is 21.5. The summed E-state index contributed by atoms with van der Waals surface area (Å²) in [5.41, 5.74) is 3.36. The Balaban J connectivity index is 2.43. The highest BCUT2D eigenvalue weighted by atomic mass is 16.3. The minimum atomic E-state index is -0.287. The van der Waals surface area contributed by atoms with Crippen LogP contribution in [-0.4, -0.2) is 11.7 Å². The Morgan fingerprint density at radius 3 is 3.15 bits per heavy atom. The average Bonchev–Trinajstić information content (AvgIpc) is 2.29. The molecule has 0 saturated carbocycles. The van der Waals surface area contributed by atoms with Crippen molar-refractivity contribution < 1.29 is 5.11 Å². The van der Waals surface area contributed by atoms with Crippen LogP contribution >= 0.6 is 0 Å². The zero-order valence-corrected chi connectivity index (χ0v) is 7.88. The number of hydrogen-bond acceptors (Lipinski definition) is 2. The molecule has 1 aliphatic heterocycles. The first-order valence-electron chi connectivity index (χ1n) is 4.80. The summed E-state index contributed by atoms with van der Waals surface area (Å²) in [6.07, 6.45) is 1.61. The second-order valence-corrected chi connectivity index (χ2v) is 3.68. The lowest BCUT2D eigenvalue weighted by atomic mass is 10.0. The van der Waals surface area contributed by atoms with Gasteiger partial charge in [-0.3, -0.25) is 0 Å². The molecule has 2 N–H and O–H groups in total. The van der Waals surface area contributed by atoms with Crippen LogP contribution in [0.2, 0.25) is 0 Å². The van der Waals surface area contributed by atoms with E-state index in [2.05, 4.69) is 30.4 Å². The number of aliphatic hydroxyl groups is 1.